The van der Waals surface area contributed by atoms with Gasteiger partial charge in [-0.2, -0.15) is 13.2 Å². The highest BCUT2D eigenvalue weighted by molar-refractivity contribution is 6.05. The minimum atomic E-state index is -4.75. The van der Waals surface area contributed by atoms with Crippen molar-refractivity contribution in [3.63, 3.8) is 0 Å². The molecule has 7 nitrogen and oxygen atoms in total. The number of nitrogens with one attached hydrogen (secondary N) is 1. The summed E-state index contributed by atoms with van der Waals surface area (Å²) >= 11 is 0. The number of anilines is 2. The predicted molar refractivity (Wildman–Crippen MR) is 95.7 cm³/mol. The van der Waals surface area contributed by atoms with Crippen LogP contribution in [0.4, 0.5) is 24.5 Å². The highest BCUT2D eigenvalue weighted by Gasteiger charge is 2.49. The Morgan fingerprint density at radius 3 is 2.39 bits per heavy atom. The molecule has 0 unspecified atom stereocenters. The van der Waals surface area contributed by atoms with E-state index in [-0.39, 0.29) is 23.8 Å². The van der Waals surface area contributed by atoms with Crippen LogP contribution in [-0.2, 0) is 14.4 Å². The molecule has 0 saturated carbocycles. The third-order valence-corrected chi connectivity index (χ3v) is 4.95. The molecule has 28 heavy (non-hydrogen) atoms. The van der Waals surface area contributed by atoms with Gasteiger partial charge in [0.25, 0.3) is 0 Å². The summed E-state index contributed by atoms with van der Waals surface area (Å²) < 4.78 is 41.1. The van der Waals surface area contributed by atoms with E-state index in [4.69, 9.17) is 0 Å². The van der Waals surface area contributed by atoms with Gasteiger partial charge in [0.05, 0.1) is 24.3 Å². The number of hydrogen-bond donors (Lipinski definition) is 1. The smallest absolute Gasteiger partial charge is 0.340 e. The van der Waals surface area contributed by atoms with Gasteiger partial charge in [0.15, 0.2) is 0 Å². The van der Waals surface area contributed by atoms with Crippen LogP contribution in [-0.4, -0.2) is 72.5 Å². The normalized spacial score (nSPS) is 21.0. The molecule has 0 aromatic heterocycles. The molecule has 2 aliphatic heterocycles. The molecular weight excluding hydrogens is 377 g/mol. The lowest BCUT2D eigenvalue weighted by Crippen LogP contribution is -2.55. The third-order valence-electron chi connectivity index (χ3n) is 4.95. The Labute approximate surface area is 160 Å². The molecule has 1 N–H and O–H groups in total. The van der Waals surface area contributed by atoms with Crippen molar-refractivity contribution in [2.24, 2.45) is 0 Å². The standard InChI is InChI=1S/C18H21F3N4O3/c1-12(26)24-8-6-23(7-9-24)11-17(28)25-14-5-3-2-4-13(14)22-16(27)10-15(25)18(19,20)21/h2-5,15H,6-11H2,1H3,(H,22,27)/t15-/m0/s1. The van der Waals surface area contributed by atoms with Crippen LogP contribution in [0.3, 0.4) is 0 Å². The van der Waals surface area contributed by atoms with Crippen LogP contribution >= 0.6 is 0 Å². The number of para-hydroxylation sites is 2. The fraction of sp³-hybridized carbons (Fsp3) is 0.500. The number of carbonyl (C=O) groups excluding carboxylic acids is 3. The summed E-state index contributed by atoms with van der Waals surface area (Å²) in [5, 5.41) is 2.44. The number of hydrogen-bond acceptors (Lipinski definition) is 4. The molecule has 2 aliphatic rings. The Bertz CT molecular complexity index is 776. The molecule has 0 radical (unpaired) electrons. The number of fused-ring (bicyclic) bond motifs is 1. The number of carbonyl (C=O) groups is 3. The summed E-state index contributed by atoms with van der Waals surface area (Å²) in [5.41, 5.74) is 0.206. The first-order chi connectivity index (χ1) is 13.2. The molecule has 3 amide bonds. The molecule has 1 saturated heterocycles. The van der Waals surface area contributed by atoms with Crippen LogP contribution in [0.5, 0.6) is 0 Å². The summed E-state index contributed by atoms with van der Waals surface area (Å²) in [6.07, 6.45) is -5.61. The fourth-order valence-corrected chi connectivity index (χ4v) is 3.48. The van der Waals surface area contributed by atoms with E-state index in [0.717, 1.165) is 0 Å². The van der Waals surface area contributed by atoms with Crippen molar-refractivity contribution in [2.45, 2.75) is 25.6 Å². The zero-order valence-corrected chi connectivity index (χ0v) is 15.3. The Hall–Kier alpha value is -2.62. The molecule has 152 valence electrons. The summed E-state index contributed by atoms with van der Waals surface area (Å²) in [6.45, 7) is 2.86. The topological polar surface area (TPSA) is 73.0 Å². The van der Waals surface area contributed by atoms with Crippen molar-refractivity contribution in [2.75, 3.05) is 42.9 Å². The molecule has 0 bridgehead atoms. The maximum Gasteiger partial charge on any atom is 0.409 e. The van der Waals surface area contributed by atoms with Crippen molar-refractivity contribution in [1.82, 2.24) is 9.80 Å². The minimum absolute atomic E-state index is 0.0306. The predicted octanol–water partition coefficient (Wildman–Crippen LogP) is 1.46. The van der Waals surface area contributed by atoms with Crippen molar-refractivity contribution >= 4 is 29.1 Å². The van der Waals surface area contributed by atoms with Crippen LogP contribution in [0.2, 0.25) is 0 Å². The van der Waals surface area contributed by atoms with Crippen LogP contribution in [0.1, 0.15) is 13.3 Å². The van der Waals surface area contributed by atoms with E-state index < -0.39 is 30.5 Å². The van der Waals surface area contributed by atoms with Crippen LogP contribution in [0, 0.1) is 0 Å². The summed E-state index contributed by atoms with van der Waals surface area (Å²) in [5.74, 6) is -1.60. The van der Waals surface area contributed by atoms with E-state index in [9.17, 15) is 27.6 Å². The van der Waals surface area contributed by atoms with Gasteiger partial charge >= 0.3 is 6.18 Å². The molecule has 1 fully saturated rings. The number of halogens is 3. The quantitative estimate of drug-likeness (QED) is 0.819. The van der Waals surface area contributed by atoms with E-state index in [1.165, 1.54) is 25.1 Å². The molecule has 1 atom stereocenters. The molecular formula is C18H21F3N4O3. The summed E-state index contributed by atoms with van der Waals surface area (Å²) in [6, 6.07) is 3.73. The molecule has 1 aromatic carbocycles. The average molecular weight is 398 g/mol. The van der Waals surface area contributed by atoms with Crippen LogP contribution in [0.25, 0.3) is 0 Å². The van der Waals surface area contributed by atoms with E-state index in [1.54, 1.807) is 15.9 Å². The SMILES string of the molecule is CC(=O)N1CCN(CC(=O)N2c3ccccc3NC(=O)C[C@H]2C(F)(F)F)CC1. The van der Waals surface area contributed by atoms with Crippen molar-refractivity contribution in [3.8, 4) is 0 Å². The van der Waals surface area contributed by atoms with Gasteiger partial charge in [-0.25, -0.2) is 0 Å². The molecule has 2 heterocycles. The maximum absolute atomic E-state index is 13.7. The second kappa shape index (κ2) is 7.78. The second-order valence-electron chi connectivity index (χ2n) is 6.87. The Morgan fingerprint density at radius 1 is 1.14 bits per heavy atom. The minimum Gasteiger partial charge on any atom is -0.340 e. The van der Waals surface area contributed by atoms with Crippen molar-refractivity contribution in [3.05, 3.63) is 24.3 Å². The maximum atomic E-state index is 13.7. The summed E-state index contributed by atoms with van der Waals surface area (Å²) in [7, 11) is 0. The van der Waals surface area contributed by atoms with Crippen LogP contribution in [0.15, 0.2) is 24.3 Å². The third kappa shape index (κ3) is 4.27. The molecule has 3 rings (SSSR count). The zero-order chi connectivity index (χ0) is 20.5. The van der Waals surface area contributed by atoms with Crippen molar-refractivity contribution in [1.29, 1.82) is 0 Å². The first kappa shape index (κ1) is 20.1. The summed E-state index contributed by atoms with van der Waals surface area (Å²) in [4.78, 5) is 40.3. The van der Waals surface area contributed by atoms with Gasteiger partial charge in [0.2, 0.25) is 17.7 Å². The monoisotopic (exact) mass is 398 g/mol. The largest absolute Gasteiger partial charge is 0.409 e. The highest BCUT2D eigenvalue weighted by atomic mass is 19.4. The number of piperazine rings is 1. The Kier molecular flexibility index (Phi) is 5.59. The number of nitrogens with zero attached hydrogens (tertiary/aromatic N) is 3. The molecule has 0 aliphatic carbocycles. The van der Waals surface area contributed by atoms with Crippen molar-refractivity contribution < 1.29 is 27.6 Å². The van der Waals surface area contributed by atoms with E-state index in [0.29, 0.717) is 31.1 Å². The molecule has 10 heteroatoms. The number of amides is 3. The lowest BCUT2D eigenvalue weighted by Gasteiger charge is -2.36. The van der Waals surface area contributed by atoms with E-state index >= 15 is 0 Å². The number of rotatable bonds is 2. The lowest BCUT2D eigenvalue weighted by molar-refractivity contribution is -0.158. The first-order valence-electron chi connectivity index (χ1n) is 8.92. The van der Waals surface area contributed by atoms with Gasteiger partial charge in [-0.1, -0.05) is 12.1 Å². The Balaban J connectivity index is 1.84. The first-order valence-corrected chi connectivity index (χ1v) is 8.92. The molecule has 0 spiro atoms. The van der Waals surface area contributed by atoms with Gasteiger partial charge in [-0.3, -0.25) is 24.2 Å². The van der Waals surface area contributed by atoms with Gasteiger partial charge in [-0.05, 0) is 12.1 Å². The number of alkyl halides is 3. The van der Waals surface area contributed by atoms with Gasteiger partial charge < -0.3 is 10.2 Å². The second-order valence-corrected chi connectivity index (χ2v) is 6.87. The van der Waals surface area contributed by atoms with Crippen LogP contribution < -0.4 is 10.2 Å². The average Bonchev–Trinajstić information content (AvgIpc) is 2.77. The van der Waals surface area contributed by atoms with E-state index in [1.807, 2.05) is 0 Å². The number of benzene rings is 1. The fourth-order valence-electron chi connectivity index (χ4n) is 3.48. The van der Waals surface area contributed by atoms with Gasteiger partial charge in [-0.15, -0.1) is 0 Å². The zero-order valence-electron chi connectivity index (χ0n) is 15.3. The lowest BCUT2D eigenvalue weighted by atomic mass is 10.1. The van der Waals surface area contributed by atoms with Gasteiger partial charge in [0, 0.05) is 33.1 Å². The highest BCUT2D eigenvalue weighted by Crippen LogP contribution is 2.37. The van der Waals surface area contributed by atoms with E-state index in [2.05, 4.69) is 5.32 Å². The van der Waals surface area contributed by atoms with Gasteiger partial charge in [0.1, 0.15) is 6.04 Å². The Morgan fingerprint density at radius 2 is 1.79 bits per heavy atom. The molecule has 1 aromatic rings.